The van der Waals surface area contributed by atoms with Crippen LogP contribution < -0.4 is 0 Å². The van der Waals surface area contributed by atoms with Crippen LogP contribution in [-0.4, -0.2) is 44.7 Å². The molecular formula is C20H16N2O5S. The van der Waals surface area contributed by atoms with Crippen molar-refractivity contribution in [3.05, 3.63) is 70.1 Å². The molecule has 2 aromatic carbocycles. The monoisotopic (exact) mass is 396 g/mol. The lowest BCUT2D eigenvalue weighted by Crippen LogP contribution is -2.28. The minimum absolute atomic E-state index is 0.119. The van der Waals surface area contributed by atoms with E-state index in [0.29, 0.717) is 27.9 Å². The van der Waals surface area contributed by atoms with E-state index in [0.717, 1.165) is 0 Å². The first-order valence-electron chi connectivity index (χ1n) is 8.36. The van der Waals surface area contributed by atoms with Crippen LogP contribution in [0.3, 0.4) is 0 Å². The summed E-state index contributed by atoms with van der Waals surface area (Å²) in [6.45, 7) is 2.24. The molecule has 3 rings (SSSR count). The predicted octanol–water partition coefficient (Wildman–Crippen LogP) is 3.71. The van der Waals surface area contributed by atoms with Crippen molar-refractivity contribution in [3.63, 3.8) is 0 Å². The summed E-state index contributed by atoms with van der Waals surface area (Å²) >= 11 is 1.19. The Hall–Kier alpha value is -3.39. The second kappa shape index (κ2) is 8.10. The van der Waals surface area contributed by atoms with Gasteiger partial charge in [-0.25, -0.2) is 14.6 Å². The van der Waals surface area contributed by atoms with Crippen LogP contribution in [-0.2, 0) is 4.79 Å². The maximum atomic E-state index is 12.7. The largest absolute Gasteiger partial charge is 0.478 e. The number of likely N-dealkylation sites (N-methyl/N-ethyl adjacent to an activating group) is 1. The first-order chi connectivity index (χ1) is 13.4. The average Bonchev–Trinajstić information content (AvgIpc) is 2.96. The van der Waals surface area contributed by atoms with Crippen molar-refractivity contribution >= 4 is 46.5 Å². The number of carbonyl (C=O) groups is 3. The zero-order valence-corrected chi connectivity index (χ0v) is 15.6. The molecule has 0 radical (unpaired) electrons. The Morgan fingerprint density at radius 2 is 1.75 bits per heavy atom. The number of amides is 1. The van der Waals surface area contributed by atoms with Gasteiger partial charge in [0.05, 0.1) is 21.7 Å². The molecule has 7 nitrogen and oxygen atoms in total. The number of aliphatic imine (C=N–C) groups is 1. The Morgan fingerprint density at radius 3 is 2.36 bits per heavy atom. The van der Waals surface area contributed by atoms with Crippen LogP contribution in [0.2, 0.25) is 0 Å². The Morgan fingerprint density at radius 1 is 1.07 bits per heavy atom. The minimum Gasteiger partial charge on any atom is -0.478 e. The van der Waals surface area contributed by atoms with Crippen molar-refractivity contribution in [2.75, 3.05) is 6.54 Å². The molecule has 1 aliphatic rings. The van der Waals surface area contributed by atoms with Crippen LogP contribution in [0.25, 0.3) is 6.08 Å². The van der Waals surface area contributed by atoms with Crippen LogP contribution in [0.1, 0.15) is 33.2 Å². The van der Waals surface area contributed by atoms with Gasteiger partial charge in [-0.15, -0.1) is 0 Å². The Kier molecular flexibility index (Phi) is 5.60. The molecule has 28 heavy (non-hydrogen) atoms. The number of carboxylic acids is 2. The number of rotatable bonds is 5. The van der Waals surface area contributed by atoms with Crippen LogP contribution in [0, 0.1) is 0 Å². The van der Waals surface area contributed by atoms with E-state index in [-0.39, 0.29) is 17.0 Å². The highest BCUT2D eigenvalue weighted by atomic mass is 32.2. The molecule has 0 aliphatic carbocycles. The van der Waals surface area contributed by atoms with Gasteiger partial charge in [0, 0.05) is 6.54 Å². The van der Waals surface area contributed by atoms with Crippen LogP contribution in [0.5, 0.6) is 0 Å². The summed E-state index contributed by atoms with van der Waals surface area (Å²) in [5.74, 6) is -2.27. The molecule has 1 fully saturated rings. The zero-order chi connectivity index (χ0) is 20.3. The summed E-state index contributed by atoms with van der Waals surface area (Å²) in [6, 6.07) is 12.4. The second-order valence-corrected chi connectivity index (χ2v) is 6.85. The van der Waals surface area contributed by atoms with Gasteiger partial charge in [-0.3, -0.25) is 9.69 Å². The van der Waals surface area contributed by atoms with Crippen LogP contribution in [0.4, 0.5) is 5.69 Å². The maximum Gasteiger partial charge on any atom is 0.335 e. The van der Waals surface area contributed by atoms with E-state index in [1.165, 1.54) is 40.9 Å². The molecule has 0 aromatic heterocycles. The van der Waals surface area contributed by atoms with E-state index in [4.69, 9.17) is 10.2 Å². The van der Waals surface area contributed by atoms with Crippen molar-refractivity contribution in [1.82, 2.24) is 4.90 Å². The first-order valence-corrected chi connectivity index (χ1v) is 9.17. The van der Waals surface area contributed by atoms with E-state index < -0.39 is 11.9 Å². The number of carbonyl (C=O) groups excluding carboxylic acids is 1. The van der Waals surface area contributed by atoms with Gasteiger partial charge < -0.3 is 10.2 Å². The van der Waals surface area contributed by atoms with Crippen molar-refractivity contribution in [1.29, 1.82) is 0 Å². The fourth-order valence-corrected chi connectivity index (χ4v) is 3.62. The molecule has 1 heterocycles. The quantitative estimate of drug-likeness (QED) is 0.746. The lowest BCUT2D eigenvalue weighted by atomic mass is 10.1. The van der Waals surface area contributed by atoms with Crippen LogP contribution >= 0.6 is 11.8 Å². The van der Waals surface area contributed by atoms with Gasteiger partial charge in [-0.2, -0.15) is 0 Å². The Balaban J connectivity index is 1.91. The number of benzene rings is 2. The molecule has 0 bridgehead atoms. The molecule has 1 saturated heterocycles. The summed E-state index contributed by atoms with van der Waals surface area (Å²) in [5, 5.41) is 18.5. The summed E-state index contributed by atoms with van der Waals surface area (Å²) in [4.78, 5) is 41.1. The fraction of sp³-hybridized carbons (Fsp3) is 0.100. The van der Waals surface area contributed by atoms with Crippen LogP contribution in [0.15, 0.2) is 58.4 Å². The number of thioether (sulfide) groups is 1. The second-order valence-electron chi connectivity index (χ2n) is 5.84. The van der Waals surface area contributed by atoms with E-state index >= 15 is 0 Å². The number of hydrogen-bond acceptors (Lipinski definition) is 5. The molecular weight excluding hydrogens is 380 g/mol. The predicted molar refractivity (Wildman–Crippen MR) is 107 cm³/mol. The lowest BCUT2D eigenvalue weighted by Gasteiger charge is -2.12. The summed E-state index contributed by atoms with van der Waals surface area (Å²) < 4.78 is 0. The normalized spacial score (nSPS) is 16.8. The molecule has 1 aliphatic heterocycles. The first kappa shape index (κ1) is 19.4. The van der Waals surface area contributed by atoms with E-state index in [2.05, 4.69) is 4.99 Å². The molecule has 2 aromatic rings. The topological polar surface area (TPSA) is 107 Å². The van der Waals surface area contributed by atoms with Gasteiger partial charge in [-0.1, -0.05) is 18.2 Å². The smallest absolute Gasteiger partial charge is 0.335 e. The Bertz CT molecular complexity index is 1010. The third-order valence-electron chi connectivity index (χ3n) is 3.98. The van der Waals surface area contributed by atoms with Gasteiger partial charge in [0.2, 0.25) is 0 Å². The van der Waals surface area contributed by atoms with Crippen molar-refractivity contribution in [2.24, 2.45) is 4.99 Å². The summed E-state index contributed by atoms with van der Waals surface area (Å²) in [5.41, 5.74) is 1.43. The fourth-order valence-electron chi connectivity index (χ4n) is 2.56. The van der Waals surface area contributed by atoms with Gasteiger partial charge in [0.1, 0.15) is 0 Å². The van der Waals surface area contributed by atoms with Gasteiger partial charge in [0.15, 0.2) is 5.17 Å². The molecule has 142 valence electrons. The molecule has 0 spiro atoms. The van der Waals surface area contributed by atoms with E-state index in [1.807, 2.05) is 6.92 Å². The standard InChI is InChI=1S/C20H16N2O5S/c1-2-22-17(23)16(10-12-6-8-13(9-7-12)18(24)25)28-20(22)21-15-5-3-4-14(11-15)19(26)27/h3-11H,2H2,1H3,(H,24,25)(H,26,27)/b16-10-,21-20?. The maximum absolute atomic E-state index is 12.7. The van der Waals surface area contributed by atoms with Crippen molar-refractivity contribution in [3.8, 4) is 0 Å². The number of hydrogen-bond donors (Lipinski definition) is 2. The van der Waals surface area contributed by atoms with Crippen molar-refractivity contribution in [2.45, 2.75) is 6.92 Å². The molecule has 0 saturated carbocycles. The molecule has 1 amide bonds. The summed E-state index contributed by atoms with van der Waals surface area (Å²) in [7, 11) is 0. The van der Waals surface area contributed by atoms with E-state index in [1.54, 1.807) is 30.3 Å². The number of amidine groups is 1. The average molecular weight is 396 g/mol. The molecule has 0 atom stereocenters. The van der Waals surface area contributed by atoms with E-state index in [9.17, 15) is 14.4 Å². The zero-order valence-electron chi connectivity index (χ0n) is 14.8. The lowest BCUT2D eigenvalue weighted by molar-refractivity contribution is -0.122. The number of carboxylic acid groups (broad SMARTS) is 2. The SMILES string of the molecule is CCN1C(=O)/C(=C/c2ccc(C(=O)O)cc2)SC1=Nc1cccc(C(=O)O)c1. The van der Waals surface area contributed by atoms with Gasteiger partial charge in [0.25, 0.3) is 5.91 Å². The van der Waals surface area contributed by atoms with Crippen molar-refractivity contribution < 1.29 is 24.6 Å². The Labute approximate surface area is 165 Å². The summed E-state index contributed by atoms with van der Waals surface area (Å²) in [6.07, 6.45) is 1.68. The molecule has 0 unspecified atom stereocenters. The number of nitrogens with zero attached hydrogens (tertiary/aromatic N) is 2. The highest BCUT2D eigenvalue weighted by Crippen LogP contribution is 2.34. The molecule has 2 N–H and O–H groups in total. The van der Waals surface area contributed by atoms with Gasteiger partial charge >= 0.3 is 11.9 Å². The highest BCUT2D eigenvalue weighted by Gasteiger charge is 2.32. The minimum atomic E-state index is -1.05. The number of aromatic carboxylic acids is 2. The highest BCUT2D eigenvalue weighted by molar-refractivity contribution is 8.18. The molecule has 8 heteroatoms. The third kappa shape index (κ3) is 4.12. The third-order valence-corrected chi connectivity index (χ3v) is 4.98. The van der Waals surface area contributed by atoms with Gasteiger partial charge in [-0.05, 0) is 60.7 Å².